The Labute approximate surface area is 111 Å². The van der Waals surface area contributed by atoms with Gasteiger partial charge in [0.05, 0.1) is 5.02 Å². The van der Waals surface area contributed by atoms with Gasteiger partial charge in [-0.3, -0.25) is 4.79 Å². The van der Waals surface area contributed by atoms with Crippen molar-refractivity contribution in [1.82, 2.24) is 9.88 Å². The maximum Gasteiger partial charge on any atom is 0.274 e. The maximum atomic E-state index is 12.2. The minimum atomic E-state index is -0.223. The van der Waals surface area contributed by atoms with E-state index in [0.29, 0.717) is 18.1 Å². The molecule has 0 atom stereocenters. The van der Waals surface area contributed by atoms with Crippen LogP contribution in [0, 0.1) is 0 Å². The summed E-state index contributed by atoms with van der Waals surface area (Å²) in [5.41, 5.74) is 0.189. The highest BCUT2D eigenvalue weighted by Gasteiger charge is 2.18. The molecule has 1 aromatic rings. The number of carbonyl (C=O) groups excluding carboxylic acids is 1. The lowest BCUT2D eigenvalue weighted by Crippen LogP contribution is -2.32. The van der Waals surface area contributed by atoms with Gasteiger partial charge in [0.25, 0.3) is 5.91 Å². The second-order valence-electron chi connectivity index (χ2n) is 3.50. The lowest BCUT2D eigenvalue weighted by molar-refractivity contribution is 0.0768. The van der Waals surface area contributed by atoms with Gasteiger partial charge in [-0.15, -0.1) is 6.58 Å². The van der Waals surface area contributed by atoms with Crippen molar-refractivity contribution < 1.29 is 4.79 Å². The lowest BCUT2D eigenvalue weighted by atomic mass is 10.3. The summed E-state index contributed by atoms with van der Waals surface area (Å²) in [4.78, 5) is 17.8. The molecule has 0 bridgehead atoms. The number of hydrogen-bond donors (Lipinski definition) is 0. The molecule has 17 heavy (non-hydrogen) atoms. The first kappa shape index (κ1) is 14.0. The number of rotatable bonds is 5. The largest absolute Gasteiger partial charge is 0.334 e. The Kier molecular flexibility index (Phi) is 5.45. The molecule has 0 saturated heterocycles. The summed E-state index contributed by atoms with van der Waals surface area (Å²) < 4.78 is 0. The first-order valence-electron chi connectivity index (χ1n) is 5.32. The fourth-order valence-corrected chi connectivity index (χ4v) is 1.75. The van der Waals surface area contributed by atoms with Gasteiger partial charge in [-0.1, -0.05) is 36.2 Å². The van der Waals surface area contributed by atoms with Crippen LogP contribution in [0.25, 0.3) is 0 Å². The average molecular weight is 273 g/mol. The SMILES string of the molecule is C=CCN(CCC)C(=O)c1nc(Cl)ccc1Cl. The van der Waals surface area contributed by atoms with Gasteiger partial charge in [0.2, 0.25) is 0 Å². The van der Waals surface area contributed by atoms with Crippen molar-refractivity contribution in [3.8, 4) is 0 Å². The molecule has 0 spiro atoms. The summed E-state index contributed by atoms with van der Waals surface area (Å²) in [6.45, 7) is 6.73. The molecular weight excluding hydrogens is 259 g/mol. The minimum Gasteiger partial charge on any atom is -0.334 e. The smallest absolute Gasteiger partial charge is 0.274 e. The number of nitrogens with zero attached hydrogens (tertiary/aromatic N) is 2. The number of pyridine rings is 1. The van der Waals surface area contributed by atoms with Gasteiger partial charge >= 0.3 is 0 Å². The van der Waals surface area contributed by atoms with Crippen molar-refractivity contribution in [2.45, 2.75) is 13.3 Å². The number of aromatic nitrogens is 1. The van der Waals surface area contributed by atoms with E-state index in [-0.39, 0.29) is 16.8 Å². The molecule has 0 N–H and O–H groups in total. The number of amides is 1. The topological polar surface area (TPSA) is 33.2 Å². The van der Waals surface area contributed by atoms with Gasteiger partial charge in [0.1, 0.15) is 10.8 Å². The van der Waals surface area contributed by atoms with Gasteiger partial charge in [0.15, 0.2) is 0 Å². The molecule has 1 aromatic heterocycles. The summed E-state index contributed by atoms with van der Waals surface area (Å²) in [5, 5.41) is 0.567. The molecule has 3 nitrogen and oxygen atoms in total. The van der Waals surface area contributed by atoms with Crippen LogP contribution in [-0.4, -0.2) is 28.9 Å². The molecule has 1 rings (SSSR count). The van der Waals surface area contributed by atoms with E-state index in [1.54, 1.807) is 23.1 Å². The summed E-state index contributed by atoms with van der Waals surface area (Å²) in [7, 11) is 0. The lowest BCUT2D eigenvalue weighted by Gasteiger charge is -2.20. The predicted octanol–water partition coefficient (Wildman–Crippen LogP) is 3.43. The molecule has 0 aliphatic heterocycles. The summed E-state index contributed by atoms with van der Waals surface area (Å²) in [6, 6.07) is 3.13. The highest BCUT2D eigenvalue weighted by atomic mass is 35.5. The first-order chi connectivity index (χ1) is 8.10. The Morgan fingerprint density at radius 1 is 1.53 bits per heavy atom. The summed E-state index contributed by atoms with van der Waals surface area (Å²) >= 11 is 11.7. The number of hydrogen-bond acceptors (Lipinski definition) is 2. The van der Waals surface area contributed by atoms with Gasteiger partial charge in [-0.05, 0) is 18.6 Å². The quantitative estimate of drug-likeness (QED) is 0.608. The van der Waals surface area contributed by atoms with Crippen LogP contribution in [0.2, 0.25) is 10.2 Å². The van der Waals surface area contributed by atoms with Crippen LogP contribution in [0.5, 0.6) is 0 Å². The average Bonchev–Trinajstić information content (AvgIpc) is 2.31. The second-order valence-corrected chi connectivity index (χ2v) is 4.30. The van der Waals surface area contributed by atoms with Crippen LogP contribution < -0.4 is 0 Å². The predicted molar refractivity (Wildman–Crippen MR) is 70.6 cm³/mol. The van der Waals surface area contributed by atoms with Crippen molar-refractivity contribution >= 4 is 29.1 Å². The van der Waals surface area contributed by atoms with Crippen molar-refractivity contribution in [2.24, 2.45) is 0 Å². The molecule has 5 heteroatoms. The third-order valence-electron chi connectivity index (χ3n) is 2.14. The minimum absolute atomic E-state index is 0.189. The maximum absolute atomic E-state index is 12.2. The Morgan fingerprint density at radius 3 is 2.82 bits per heavy atom. The third kappa shape index (κ3) is 3.72. The van der Waals surface area contributed by atoms with Crippen LogP contribution >= 0.6 is 23.2 Å². The van der Waals surface area contributed by atoms with E-state index < -0.39 is 0 Å². The van der Waals surface area contributed by atoms with Gasteiger partial charge in [0, 0.05) is 13.1 Å². The van der Waals surface area contributed by atoms with Gasteiger partial charge in [-0.2, -0.15) is 0 Å². The fourth-order valence-electron chi connectivity index (χ4n) is 1.42. The zero-order valence-electron chi connectivity index (χ0n) is 9.62. The van der Waals surface area contributed by atoms with E-state index in [2.05, 4.69) is 11.6 Å². The van der Waals surface area contributed by atoms with E-state index in [1.807, 2.05) is 6.92 Å². The number of carbonyl (C=O) groups is 1. The van der Waals surface area contributed by atoms with Gasteiger partial charge < -0.3 is 4.90 Å². The summed E-state index contributed by atoms with van der Waals surface area (Å²) in [5.74, 6) is -0.223. The van der Waals surface area contributed by atoms with Crippen LogP contribution in [-0.2, 0) is 0 Å². The number of halogens is 2. The van der Waals surface area contributed by atoms with Crippen molar-refractivity contribution in [3.63, 3.8) is 0 Å². The molecule has 0 radical (unpaired) electrons. The fraction of sp³-hybridized carbons (Fsp3) is 0.333. The van der Waals surface area contributed by atoms with E-state index in [4.69, 9.17) is 23.2 Å². The highest BCUT2D eigenvalue weighted by Crippen LogP contribution is 2.18. The Morgan fingerprint density at radius 2 is 2.24 bits per heavy atom. The standard InChI is InChI=1S/C12H14Cl2N2O/c1-3-7-16(8-4-2)12(17)11-9(13)5-6-10(14)15-11/h3,5-6H,1,4,7-8H2,2H3. The Balaban J connectivity index is 2.99. The van der Waals surface area contributed by atoms with E-state index in [1.165, 1.54) is 0 Å². The molecule has 1 heterocycles. The van der Waals surface area contributed by atoms with Crippen molar-refractivity contribution in [2.75, 3.05) is 13.1 Å². The molecule has 0 aromatic carbocycles. The Bertz CT molecular complexity index is 421. The van der Waals surface area contributed by atoms with E-state index >= 15 is 0 Å². The van der Waals surface area contributed by atoms with Crippen LogP contribution in [0.4, 0.5) is 0 Å². The molecule has 0 saturated carbocycles. The highest BCUT2D eigenvalue weighted by molar-refractivity contribution is 6.34. The molecule has 1 amide bonds. The van der Waals surface area contributed by atoms with Crippen LogP contribution in [0.15, 0.2) is 24.8 Å². The molecule has 0 unspecified atom stereocenters. The van der Waals surface area contributed by atoms with Crippen LogP contribution in [0.3, 0.4) is 0 Å². The zero-order valence-corrected chi connectivity index (χ0v) is 11.1. The third-order valence-corrected chi connectivity index (χ3v) is 2.66. The Hall–Kier alpha value is -1.06. The van der Waals surface area contributed by atoms with Crippen LogP contribution in [0.1, 0.15) is 23.8 Å². The molecule has 0 aliphatic carbocycles. The van der Waals surface area contributed by atoms with E-state index in [0.717, 1.165) is 6.42 Å². The summed E-state index contributed by atoms with van der Waals surface area (Å²) in [6.07, 6.45) is 2.53. The molecular formula is C12H14Cl2N2O. The van der Waals surface area contributed by atoms with Crippen molar-refractivity contribution in [1.29, 1.82) is 0 Å². The molecule has 0 fully saturated rings. The second kappa shape index (κ2) is 6.62. The first-order valence-corrected chi connectivity index (χ1v) is 6.08. The molecule has 0 aliphatic rings. The van der Waals surface area contributed by atoms with Crippen molar-refractivity contribution in [3.05, 3.63) is 40.7 Å². The molecule has 92 valence electrons. The van der Waals surface area contributed by atoms with Gasteiger partial charge in [-0.25, -0.2) is 4.98 Å². The zero-order chi connectivity index (χ0) is 12.8. The van der Waals surface area contributed by atoms with E-state index in [9.17, 15) is 4.79 Å². The monoisotopic (exact) mass is 272 g/mol. The normalized spacial score (nSPS) is 10.1.